The predicted octanol–water partition coefficient (Wildman–Crippen LogP) is 4.56. The topological polar surface area (TPSA) is 99.3 Å². The number of morpholine rings is 1. The quantitative estimate of drug-likeness (QED) is 0.393. The Labute approximate surface area is 200 Å². The highest BCUT2D eigenvalue weighted by Crippen LogP contribution is 2.24. The number of hydrogen-bond acceptors (Lipinski definition) is 5. The number of nitrogens with zero attached hydrogens (tertiary/aromatic N) is 2. The number of aromatic nitrogens is 2. The van der Waals surface area contributed by atoms with Crippen LogP contribution in [-0.2, 0) is 4.74 Å². The van der Waals surface area contributed by atoms with Crippen molar-refractivity contribution in [2.45, 2.75) is 0 Å². The Balaban J connectivity index is 1.28. The molecule has 0 saturated carbocycles. The van der Waals surface area contributed by atoms with Gasteiger partial charge in [-0.3, -0.25) is 9.59 Å². The van der Waals surface area contributed by atoms with E-state index < -0.39 is 5.91 Å². The lowest BCUT2D eigenvalue weighted by Crippen LogP contribution is -2.36. The summed E-state index contributed by atoms with van der Waals surface area (Å²) in [5, 5.41) is 6.80. The van der Waals surface area contributed by atoms with Crippen molar-refractivity contribution < 1.29 is 14.3 Å². The first-order valence-corrected chi connectivity index (χ1v) is 11.2. The van der Waals surface area contributed by atoms with Crippen molar-refractivity contribution in [3.05, 3.63) is 83.1 Å². The van der Waals surface area contributed by atoms with E-state index in [1.807, 2.05) is 24.3 Å². The third kappa shape index (κ3) is 4.73. The van der Waals surface area contributed by atoms with Crippen molar-refractivity contribution in [1.29, 1.82) is 0 Å². The molecule has 1 aliphatic rings. The van der Waals surface area contributed by atoms with Gasteiger partial charge < -0.3 is 25.3 Å². The monoisotopic (exact) mass is 475 g/mol. The first kappa shape index (κ1) is 21.9. The average Bonchev–Trinajstić information content (AvgIpc) is 3.34. The minimum atomic E-state index is -0.396. The van der Waals surface area contributed by atoms with Gasteiger partial charge >= 0.3 is 0 Å². The molecule has 1 aliphatic heterocycles. The van der Waals surface area contributed by atoms with Crippen LogP contribution in [0.4, 0.5) is 17.1 Å². The van der Waals surface area contributed by atoms with Crippen LogP contribution in [0.5, 0.6) is 0 Å². The minimum absolute atomic E-state index is 0.247. The van der Waals surface area contributed by atoms with E-state index in [0.29, 0.717) is 30.2 Å². The van der Waals surface area contributed by atoms with Crippen molar-refractivity contribution in [2.24, 2.45) is 0 Å². The standard InChI is InChI=1S/C25H22ClN5O3/c26-22-6-3-18(14-21(22)25(33)30-19-13-17-7-8-27-23(17)28-15-19)29-24(32)16-1-4-20(5-2-16)31-9-11-34-12-10-31/h1-8,13-15H,9-12H2,(H,27,28)(H,29,32)(H,30,33). The van der Waals surface area contributed by atoms with Crippen LogP contribution in [-0.4, -0.2) is 48.1 Å². The minimum Gasteiger partial charge on any atom is -0.378 e. The molecule has 0 spiro atoms. The summed E-state index contributed by atoms with van der Waals surface area (Å²) in [6.07, 6.45) is 3.35. The number of carbonyl (C=O) groups is 2. The second-order valence-electron chi connectivity index (χ2n) is 7.89. The van der Waals surface area contributed by atoms with Crippen LogP contribution in [0, 0.1) is 0 Å². The summed E-state index contributed by atoms with van der Waals surface area (Å²) in [6, 6.07) is 15.9. The van der Waals surface area contributed by atoms with Gasteiger partial charge in [-0.1, -0.05) is 11.6 Å². The Bertz CT molecular complexity index is 1350. The van der Waals surface area contributed by atoms with Crippen LogP contribution in [0.25, 0.3) is 11.0 Å². The number of hydrogen-bond donors (Lipinski definition) is 3. The molecule has 8 nitrogen and oxygen atoms in total. The van der Waals surface area contributed by atoms with E-state index in [-0.39, 0.29) is 16.5 Å². The Morgan fingerprint density at radius 3 is 2.50 bits per heavy atom. The molecule has 0 aliphatic carbocycles. The summed E-state index contributed by atoms with van der Waals surface area (Å²) in [5.74, 6) is -0.669. The molecular weight excluding hydrogens is 454 g/mol. The summed E-state index contributed by atoms with van der Waals surface area (Å²) in [4.78, 5) is 35.1. The molecule has 172 valence electrons. The fourth-order valence-corrected chi connectivity index (χ4v) is 4.04. The molecular formula is C25H22ClN5O3. The van der Waals surface area contributed by atoms with E-state index >= 15 is 0 Å². The molecule has 2 aromatic heterocycles. The Morgan fingerprint density at radius 2 is 1.71 bits per heavy atom. The fraction of sp³-hybridized carbons (Fsp3) is 0.160. The normalized spacial score (nSPS) is 13.6. The first-order chi connectivity index (χ1) is 16.6. The third-order valence-corrected chi connectivity index (χ3v) is 5.96. The van der Waals surface area contributed by atoms with E-state index in [2.05, 4.69) is 25.5 Å². The second-order valence-corrected chi connectivity index (χ2v) is 8.30. The molecule has 4 aromatic rings. The molecule has 0 bridgehead atoms. The number of halogens is 1. The van der Waals surface area contributed by atoms with Gasteiger partial charge in [0, 0.05) is 41.6 Å². The number of anilines is 3. The van der Waals surface area contributed by atoms with E-state index in [1.54, 1.807) is 42.7 Å². The summed E-state index contributed by atoms with van der Waals surface area (Å²) in [5.41, 5.74) is 3.57. The smallest absolute Gasteiger partial charge is 0.257 e. The van der Waals surface area contributed by atoms with Crippen LogP contribution in [0.1, 0.15) is 20.7 Å². The predicted molar refractivity (Wildman–Crippen MR) is 133 cm³/mol. The van der Waals surface area contributed by atoms with Gasteiger partial charge in [-0.25, -0.2) is 4.98 Å². The Hall–Kier alpha value is -3.88. The molecule has 0 unspecified atom stereocenters. The molecule has 2 amide bonds. The molecule has 3 N–H and O–H groups in total. The van der Waals surface area contributed by atoms with Crippen LogP contribution < -0.4 is 15.5 Å². The summed E-state index contributed by atoms with van der Waals surface area (Å²) in [7, 11) is 0. The lowest BCUT2D eigenvalue weighted by Gasteiger charge is -2.28. The molecule has 1 saturated heterocycles. The van der Waals surface area contributed by atoms with E-state index in [0.717, 1.165) is 29.8 Å². The number of rotatable bonds is 5. The van der Waals surface area contributed by atoms with E-state index in [1.165, 1.54) is 0 Å². The van der Waals surface area contributed by atoms with Gasteiger partial charge in [0.25, 0.3) is 11.8 Å². The van der Waals surface area contributed by atoms with Gasteiger partial charge in [0.2, 0.25) is 0 Å². The molecule has 3 heterocycles. The molecule has 1 fully saturated rings. The van der Waals surface area contributed by atoms with Crippen LogP contribution in [0.15, 0.2) is 67.0 Å². The zero-order valence-corrected chi connectivity index (χ0v) is 18.9. The zero-order chi connectivity index (χ0) is 23.5. The first-order valence-electron chi connectivity index (χ1n) is 10.8. The number of ether oxygens (including phenoxy) is 1. The van der Waals surface area contributed by atoms with Crippen LogP contribution in [0.2, 0.25) is 5.02 Å². The van der Waals surface area contributed by atoms with Crippen molar-refractivity contribution >= 4 is 51.5 Å². The molecule has 5 rings (SSSR count). The maximum Gasteiger partial charge on any atom is 0.257 e. The molecule has 2 aromatic carbocycles. The van der Waals surface area contributed by atoms with Crippen LogP contribution in [0.3, 0.4) is 0 Å². The number of pyridine rings is 1. The Morgan fingerprint density at radius 1 is 0.941 bits per heavy atom. The summed E-state index contributed by atoms with van der Waals surface area (Å²) < 4.78 is 5.38. The molecule has 9 heteroatoms. The molecule has 0 atom stereocenters. The lowest BCUT2D eigenvalue weighted by molar-refractivity contribution is 0.101. The lowest BCUT2D eigenvalue weighted by atomic mass is 10.1. The SMILES string of the molecule is O=C(Nc1ccc(Cl)c(C(=O)Nc2cnc3[nH]ccc3c2)c1)c1ccc(N2CCOCC2)cc1. The zero-order valence-electron chi connectivity index (χ0n) is 18.2. The molecule has 34 heavy (non-hydrogen) atoms. The van der Waals surface area contributed by atoms with E-state index in [4.69, 9.17) is 16.3 Å². The van der Waals surface area contributed by atoms with Crippen LogP contribution >= 0.6 is 11.6 Å². The highest BCUT2D eigenvalue weighted by molar-refractivity contribution is 6.34. The number of carbonyl (C=O) groups excluding carboxylic acids is 2. The van der Waals surface area contributed by atoms with Gasteiger partial charge in [-0.2, -0.15) is 0 Å². The van der Waals surface area contributed by atoms with Crippen molar-refractivity contribution in [3.63, 3.8) is 0 Å². The third-order valence-electron chi connectivity index (χ3n) is 5.63. The van der Waals surface area contributed by atoms with Crippen molar-refractivity contribution in [2.75, 3.05) is 41.8 Å². The highest BCUT2D eigenvalue weighted by Gasteiger charge is 2.15. The summed E-state index contributed by atoms with van der Waals surface area (Å²) in [6.45, 7) is 3.06. The number of nitrogens with one attached hydrogen (secondary N) is 3. The van der Waals surface area contributed by atoms with Gasteiger partial charge in [0.1, 0.15) is 5.65 Å². The van der Waals surface area contributed by atoms with Crippen molar-refractivity contribution in [3.8, 4) is 0 Å². The van der Waals surface area contributed by atoms with Gasteiger partial charge in [0.05, 0.1) is 35.7 Å². The highest BCUT2D eigenvalue weighted by atomic mass is 35.5. The maximum atomic E-state index is 12.8. The van der Waals surface area contributed by atoms with Gasteiger partial charge in [0.15, 0.2) is 0 Å². The Kier molecular flexibility index (Phi) is 6.16. The largest absolute Gasteiger partial charge is 0.378 e. The van der Waals surface area contributed by atoms with Gasteiger partial charge in [-0.15, -0.1) is 0 Å². The fourth-order valence-electron chi connectivity index (χ4n) is 3.83. The average molecular weight is 476 g/mol. The summed E-state index contributed by atoms with van der Waals surface area (Å²) >= 11 is 6.27. The number of H-pyrrole nitrogens is 1. The maximum absolute atomic E-state index is 12.8. The molecule has 0 radical (unpaired) electrons. The second kappa shape index (κ2) is 9.54. The number of amides is 2. The van der Waals surface area contributed by atoms with Crippen molar-refractivity contribution in [1.82, 2.24) is 9.97 Å². The number of benzene rings is 2. The van der Waals surface area contributed by atoms with Gasteiger partial charge in [-0.05, 0) is 54.6 Å². The number of fused-ring (bicyclic) bond motifs is 1. The van der Waals surface area contributed by atoms with E-state index in [9.17, 15) is 9.59 Å². The number of aromatic amines is 1.